The highest BCUT2D eigenvalue weighted by atomic mass is 16.7. The van der Waals surface area contributed by atoms with Crippen LogP contribution in [0.15, 0.2) is 134 Å². The quantitative estimate of drug-likeness (QED) is 0.129. The maximum absolute atomic E-state index is 13.6. The van der Waals surface area contributed by atoms with Crippen LogP contribution in [-0.2, 0) is 38.0 Å². The van der Waals surface area contributed by atoms with Crippen LogP contribution < -0.4 is 10.6 Å². The molecule has 1 aliphatic carbocycles. The number of fused-ring (bicyclic) bond motifs is 7. The van der Waals surface area contributed by atoms with Crippen molar-refractivity contribution < 1.29 is 88.4 Å². The molecule has 5 unspecified atom stereocenters. The van der Waals surface area contributed by atoms with Gasteiger partial charge in [0.15, 0.2) is 12.1 Å². The van der Waals surface area contributed by atoms with Crippen molar-refractivity contribution in [2.45, 2.75) is 188 Å². The van der Waals surface area contributed by atoms with Gasteiger partial charge in [-0.1, -0.05) is 147 Å². The van der Waals surface area contributed by atoms with Gasteiger partial charge in [-0.05, 0) is 55.4 Å². The first-order valence-electron chi connectivity index (χ1n) is 28.7. The Morgan fingerprint density at radius 2 is 1.25 bits per heavy atom. The molecule has 0 saturated carbocycles. The summed E-state index contributed by atoms with van der Waals surface area (Å²) in [7, 11) is 1.36. The standard InChI is InChI=1S/C63H84N2O18/c1-37-22-16-14-12-10-8-6-7-9-11-13-15-17-23-44(81-60-59(74)56(58(73)40(4)80-60)65-61(75)78-36-49-47-26-20-18-24-45(47)46-25-19-21-27-48(46)49)33-52-55-53(82-62(76)64-55)35-63(77-5,83-52)34-43(68)31-51(70)50(69)29-28-41(66)30-42(67)32-54(71)79-39(3)38(2)57(37)72/h6-27,37-44,49-53,55-60,66-70,72-74H,28-36H2,1-5H3,(H,64,76)(H,65,75)/b7-6+,10-8+,11-9+,14-12+,15-13+,22-16+,23-17+/t37-,38-,39-,40?,41+,42+,43-,44-,50+,51+,52-,53-,55-,56?,57+,58?,59?,60?,63+/m0/s1. The summed E-state index contributed by atoms with van der Waals surface area (Å²) in [5, 5.41) is 94.5. The maximum Gasteiger partial charge on any atom is 0.407 e. The molecule has 0 aromatic heterocycles. The molecule has 2 amide bonds. The second-order valence-electron chi connectivity index (χ2n) is 22.3. The molecule has 2 bridgehead atoms. The van der Waals surface area contributed by atoms with Crippen molar-refractivity contribution in [2.24, 2.45) is 11.8 Å². The number of hydrogen-bond donors (Lipinski definition) is 10. The molecule has 3 fully saturated rings. The number of carbonyl (C=O) groups excluding carboxylic acids is 3. The minimum atomic E-state index is -1.64. The average molecular weight is 1160 g/mol. The molecule has 20 nitrogen and oxygen atoms in total. The fraction of sp³-hybridized carbons (Fsp3) is 0.540. The molecule has 5 aliphatic rings. The first-order valence-corrected chi connectivity index (χ1v) is 28.7. The third-order valence-corrected chi connectivity index (χ3v) is 16.2. The Kier molecular flexibility index (Phi) is 24.0. The lowest BCUT2D eigenvalue weighted by Crippen LogP contribution is -2.64. The van der Waals surface area contributed by atoms with E-state index in [1.807, 2.05) is 110 Å². The van der Waals surface area contributed by atoms with Gasteiger partial charge in [-0.2, -0.15) is 0 Å². The summed E-state index contributed by atoms with van der Waals surface area (Å²) in [5.74, 6) is -3.31. The zero-order valence-corrected chi connectivity index (χ0v) is 47.7. The van der Waals surface area contributed by atoms with Gasteiger partial charge in [-0.25, -0.2) is 9.59 Å². The van der Waals surface area contributed by atoms with E-state index in [1.54, 1.807) is 51.2 Å². The maximum atomic E-state index is 13.6. The highest BCUT2D eigenvalue weighted by Gasteiger charge is 2.54. The molecular weight excluding hydrogens is 1070 g/mol. The van der Waals surface area contributed by atoms with E-state index >= 15 is 0 Å². The number of cyclic esters (lactones) is 1. The number of rotatable bonds is 6. The second-order valence-corrected chi connectivity index (χ2v) is 22.3. The zero-order chi connectivity index (χ0) is 59.8. The Labute approximate surface area is 485 Å². The first kappa shape index (κ1) is 64.7. The lowest BCUT2D eigenvalue weighted by atomic mass is 9.87. The molecule has 454 valence electrons. The number of alkyl carbamates (subject to hydrolysis) is 2. The van der Waals surface area contributed by atoms with E-state index in [0.717, 1.165) is 22.3 Å². The van der Waals surface area contributed by atoms with Crippen molar-refractivity contribution >= 4 is 18.2 Å². The van der Waals surface area contributed by atoms with E-state index in [-0.39, 0.29) is 63.4 Å². The Bertz CT molecular complexity index is 2610. The lowest BCUT2D eigenvalue weighted by molar-refractivity contribution is -0.307. The molecule has 2 aromatic rings. The summed E-state index contributed by atoms with van der Waals surface area (Å²) in [6.07, 6.45) is 5.57. The molecule has 7 rings (SSSR count). The van der Waals surface area contributed by atoms with Crippen molar-refractivity contribution in [3.63, 3.8) is 0 Å². The van der Waals surface area contributed by atoms with E-state index < -0.39 is 134 Å². The number of methoxy groups -OCH3 is 1. The second kappa shape index (κ2) is 30.8. The van der Waals surface area contributed by atoms with Crippen LogP contribution in [0, 0.1) is 11.8 Å². The van der Waals surface area contributed by atoms with Crippen LogP contribution in [0.3, 0.4) is 0 Å². The predicted octanol–water partition coefficient (Wildman–Crippen LogP) is 5.36. The molecule has 4 aliphatic heterocycles. The summed E-state index contributed by atoms with van der Waals surface area (Å²) in [6, 6.07) is 13.7. The van der Waals surface area contributed by atoms with Crippen molar-refractivity contribution in [1.82, 2.24) is 10.6 Å². The van der Waals surface area contributed by atoms with Crippen molar-refractivity contribution in [2.75, 3.05) is 13.7 Å². The number of benzene rings is 2. The summed E-state index contributed by atoms with van der Waals surface area (Å²) in [5.41, 5.74) is 4.11. The number of amides is 2. The van der Waals surface area contributed by atoms with Crippen LogP contribution in [0.25, 0.3) is 11.1 Å². The number of nitrogens with one attached hydrogen (secondary N) is 2. The third-order valence-electron chi connectivity index (χ3n) is 16.2. The molecule has 0 spiro atoms. The van der Waals surface area contributed by atoms with Gasteiger partial charge < -0.3 is 84.6 Å². The van der Waals surface area contributed by atoms with Gasteiger partial charge in [0.2, 0.25) is 0 Å². The van der Waals surface area contributed by atoms with Crippen LogP contribution >= 0.6 is 0 Å². The van der Waals surface area contributed by atoms with Crippen molar-refractivity contribution in [3.8, 4) is 11.1 Å². The topological polar surface area (TPSA) is 302 Å². The molecule has 4 heterocycles. The number of aliphatic hydroxyl groups excluding tert-OH is 8. The van der Waals surface area contributed by atoms with Gasteiger partial charge >= 0.3 is 18.2 Å². The normalized spacial score (nSPS) is 39.1. The summed E-state index contributed by atoms with van der Waals surface area (Å²) in [6.45, 7) is 6.82. The lowest BCUT2D eigenvalue weighted by Gasteiger charge is -2.46. The van der Waals surface area contributed by atoms with Gasteiger partial charge in [-0.15, -0.1) is 0 Å². The van der Waals surface area contributed by atoms with Crippen LogP contribution in [0.4, 0.5) is 9.59 Å². The molecule has 2 aromatic carbocycles. The fourth-order valence-electron chi connectivity index (χ4n) is 11.3. The summed E-state index contributed by atoms with van der Waals surface area (Å²) >= 11 is 0. The molecule has 83 heavy (non-hydrogen) atoms. The van der Waals surface area contributed by atoms with Crippen LogP contribution in [-0.4, -0.2) is 176 Å². The number of hydrogen-bond acceptors (Lipinski definition) is 18. The Balaban J connectivity index is 1.08. The molecular formula is C63H84N2O18. The Hall–Kier alpha value is -5.85. The van der Waals surface area contributed by atoms with Crippen LogP contribution in [0.1, 0.15) is 96.1 Å². The fourth-order valence-corrected chi connectivity index (χ4v) is 11.3. The number of ether oxygens (including phenoxy) is 7. The summed E-state index contributed by atoms with van der Waals surface area (Å²) in [4.78, 5) is 39.2. The molecule has 0 radical (unpaired) electrons. The Morgan fingerprint density at radius 3 is 1.88 bits per heavy atom. The van der Waals surface area contributed by atoms with Gasteiger partial charge in [0.25, 0.3) is 0 Å². The molecule has 20 heteroatoms. The van der Waals surface area contributed by atoms with E-state index in [9.17, 15) is 55.2 Å². The molecule has 19 atom stereocenters. The Morgan fingerprint density at radius 1 is 0.651 bits per heavy atom. The van der Waals surface area contributed by atoms with E-state index in [4.69, 9.17) is 33.2 Å². The van der Waals surface area contributed by atoms with Crippen LogP contribution in [0.2, 0.25) is 0 Å². The van der Waals surface area contributed by atoms with Crippen molar-refractivity contribution in [3.05, 3.63) is 145 Å². The van der Waals surface area contributed by atoms with Gasteiger partial charge in [0.1, 0.15) is 31.0 Å². The van der Waals surface area contributed by atoms with E-state index in [2.05, 4.69) is 10.6 Å². The number of esters is 1. The predicted molar refractivity (Wildman–Crippen MR) is 306 cm³/mol. The number of aliphatic hydroxyl groups is 8. The third kappa shape index (κ3) is 17.9. The summed E-state index contributed by atoms with van der Waals surface area (Å²) < 4.78 is 42.2. The molecule has 3 saturated heterocycles. The largest absolute Gasteiger partial charge is 0.462 e. The highest BCUT2D eigenvalue weighted by molar-refractivity contribution is 5.79. The van der Waals surface area contributed by atoms with Gasteiger partial charge in [0, 0.05) is 50.5 Å². The van der Waals surface area contributed by atoms with Gasteiger partial charge in [0.05, 0.1) is 73.4 Å². The highest BCUT2D eigenvalue weighted by Crippen LogP contribution is 2.45. The van der Waals surface area contributed by atoms with Gasteiger partial charge in [-0.3, -0.25) is 4.79 Å². The number of allylic oxidation sites excluding steroid dienone is 12. The van der Waals surface area contributed by atoms with Crippen LogP contribution in [0.5, 0.6) is 0 Å². The van der Waals surface area contributed by atoms with E-state index in [0.29, 0.717) is 0 Å². The van der Waals surface area contributed by atoms with Crippen molar-refractivity contribution in [1.29, 1.82) is 0 Å². The minimum Gasteiger partial charge on any atom is -0.462 e. The average Bonchev–Trinajstić information content (AvgIpc) is 4.23. The number of carbonyl (C=O) groups is 3. The smallest absolute Gasteiger partial charge is 0.407 e. The van der Waals surface area contributed by atoms with E-state index in [1.165, 1.54) is 7.11 Å². The molecule has 10 N–H and O–H groups in total. The SMILES string of the molecule is CO[C@]12C[C@@H](O)C[C@@H](O)[C@H](O)CC[C@@H](O)C[C@@H](O)CC(=O)O[C@@H](C)[C@H](C)[C@H](O)[C@@H](C)/C=C/C=C/C=C/C=C/C=C/C=C/C=C/[C@H](OC3OC(C)C(O)C(NC(=O)OCC4c5ccccc5-c5ccccc54)C3O)C[C@H](O1)[C@@H]1NC(=O)O[C@H]1C2. The first-order chi connectivity index (χ1) is 39.8. The minimum absolute atomic E-state index is 0.0121. The zero-order valence-electron chi connectivity index (χ0n) is 47.7. The monoisotopic (exact) mass is 1160 g/mol.